The van der Waals surface area contributed by atoms with Gasteiger partial charge in [0.05, 0.1) is 4.92 Å². The van der Waals surface area contributed by atoms with Crippen LogP contribution in [0.25, 0.3) is 23.1 Å². The second-order valence-electron chi connectivity index (χ2n) is 4.93. The van der Waals surface area contributed by atoms with Crippen molar-refractivity contribution >= 4 is 28.7 Å². The van der Waals surface area contributed by atoms with Gasteiger partial charge in [-0.1, -0.05) is 18.2 Å². The Bertz CT molecular complexity index is 1000. The zero-order chi connectivity index (χ0) is 16.6. The quantitative estimate of drug-likeness (QED) is 0.567. The molecule has 0 radical (unpaired) electrons. The molecule has 2 heterocycles. The maximum absolute atomic E-state index is 11.6. The molecule has 8 nitrogen and oxygen atoms in total. The molecule has 3 aromatic rings. The molecular weight excluding hydrogens is 300 g/mol. The molecule has 2 N–H and O–H groups in total. The van der Waals surface area contributed by atoms with Gasteiger partial charge in [0.1, 0.15) is 5.82 Å². The van der Waals surface area contributed by atoms with Crippen LogP contribution in [0.3, 0.4) is 0 Å². The van der Waals surface area contributed by atoms with Crippen LogP contribution >= 0.6 is 0 Å². The van der Waals surface area contributed by atoms with E-state index in [4.69, 9.17) is 0 Å². The minimum Gasteiger partial charge on any atom is -0.488 e. The number of nitrogens with zero attached hydrogens (tertiary/aromatic N) is 3. The Morgan fingerprint density at radius 3 is 2.78 bits per heavy atom. The summed E-state index contributed by atoms with van der Waals surface area (Å²) in [5, 5.41) is 21.2. The van der Waals surface area contributed by atoms with Gasteiger partial charge in [0.25, 0.3) is 5.88 Å². The van der Waals surface area contributed by atoms with Gasteiger partial charge in [-0.2, -0.15) is 4.98 Å². The van der Waals surface area contributed by atoms with E-state index in [9.17, 15) is 20.0 Å². The highest BCUT2D eigenvalue weighted by molar-refractivity contribution is 5.91. The fourth-order valence-electron chi connectivity index (χ4n) is 2.39. The first-order chi connectivity index (χ1) is 11.0. The highest BCUT2D eigenvalue weighted by Crippen LogP contribution is 2.22. The molecule has 0 unspecified atom stereocenters. The number of hydrogen-bond acceptors (Lipinski definition) is 5. The fourth-order valence-corrected chi connectivity index (χ4v) is 2.39. The fraction of sp³-hybridized carbons (Fsp3) is 0.0667. The zero-order valence-corrected chi connectivity index (χ0v) is 12.1. The Hall–Kier alpha value is -3.42. The number of fused-ring (bicyclic) bond motifs is 1. The first-order valence-electron chi connectivity index (χ1n) is 6.67. The lowest BCUT2D eigenvalue weighted by molar-refractivity contribution is -0.387. The first-order valence-corrected chi connectivity index (χ1v) is 6.67. The molecule has 116 valence electrons. The molecule has 2 aromatic heterocycles. The molecule has 1 aromatic carbocycles. The Kier molecular flexibility index (Phi) is 3.41. The number of aryl methyl sites for hydroxylation is 1. The van der Waals surface area contributed by atoms with E-state index in [-0.39, 0.29) is 5.82 Å². The molecule has 0 aliphatic rings. The van der Waals surface area contributed by atoms with Crippen molar-refractivity contribution < 1.29 is 10.0 Å². The average Bonchev–Trinajstić information content (AvgIpc) is 2.81. The van der Waals surface area contributed by atoms with E-state index in [0.29, 0.717) is 0 Å². The number of aromatic amines is 1. The summed E-state index contributed by atoms with van der Waals surface area (Å²) in [6, 6.07) is 7.78. The third-order valence-electron chi connectivity index (χ3n) is 3.43. The smallest absolute Gasteiger partial charge is 0.395 e. The second-order valence-corrected chi connectivity index (χ2v) is 4.93. The summed E-state index contributed by atoms with van der Waals surface area (Å²) in [7, 11) is 1.91. The molecule has 23 heavy (non-hydrogen) atoms. The number of nitro groups is 1. The average molecular weight is 312 g/mol. The third-order valence-corrected chi connectivity index (χ3v) is 3.43. The van der Waals surface area contributed by atoms with Crippen LogP contribution in [-0.4, -0.2) is 24.6 Å². The van der Waals surface area contributed by atoms with Crippen molar-refractivity contribution in [3.05, 3.63) is 62.3 Å². The Morgan fingerprint density at radius 1 is 1.35 bits per heavy atom. The molecular formula is C15H12N4O4. The second kappa shape index (κ2) is 5.41. The third kappa shape index (κ3) is 2.57. The number of hydrogen-bond donors (Lipinski definition) is 2. The van der Waals surface area contributed by atoms with Crippen LogP contribution in [0.15, 0.2) is 35.3 Å². The van der Waals surface area contributed by atoms with Crippen molar-refractivity contribution in [2.75, 3.05) is 0 Å². The van der Waals surface area contributed by atoms with Crippen molar-refractivity contribution in [1.82, 2.24) is 14.5 Å². The van der Waals surface area contributed by atoms with Gasteiger partial charge in [-0.3, -0.25) is 14.9 Å². The number of para-hydroxylation sites is 1. The first kappa shape index (κ1) is 14.5. The summed E-state index contributed by atoms with van der Waals surface area (Å²) in [6.07, 6.45) is 5.10. The Labute approximate surface area is 129 Å². The van der Waals surface area contributed by atoms with E-state index in [1.165, 1.54) is 6.08 Å². The van der Waals surface area contributed by atoms with Gasteiger partial charge < -0.3 is 14.7 Å². The maximum atomic E-state index is 11.6. The number of benzene rings is 1. The predicted octanol–water partition coefficient (Wildman–Crippen LogP) is 2.05. The SMILES string of the molecule is Cn1cc(C=Cc2nc(O)c([N+](=O)[O-])c(=O)[nH]2)c2ccccc21. The van der Waals surface area contributed by atoms with Crippen LogP contribution in [0.1, 0.15) is 11.4 Å². The number of rotatable bonds is 3. The summed E-state index contributed by atoms with van der Waals surface area (Å²) in [6.45, 7) is 0. The largest absolute Gasteiger partial charge is 0.488 e. The van der Waals surface area contributed by atoms with E-state index in [1.807, 2.05) is 42.1 Å². The van der Waals surface area contributed by atoms with Crippen LogP contribution in [-0.2, 0) is 7.05 Å². The predicted molar refractivity (Wildman–Crippen MR) is 85.0 cm³/mol. The lowest BCUT2D eigenvalue weighted by Crippen LogP contribution is -2.14. The minimum absolute atomic E-state index is 0.0334. The Balaban J connectivity index is 2.03. The molecule has 0 spiro atoms. The summed E-state index contributed by atoms with van der Waals surface area (Å²) in [5.41, 5.74) is -0.0314. The highest BCUT2D eigenvalue weighted by Gasteiger charge is 2.21. The molecule has 0 amide bonds. The van der Waals surface area contributed by atoms with Gasteiger partial charge in [-0.15, -0.1) is 0 Å². The zero-order valence-electron chi connectivity index (χ0n) is 12.1. The summed E-state index contributed by atoms with van der Waals surface area (Å²) < 4.78 is 1.96. The minimum atomic E-state index is -1.000. The van der Waals surface area contributed by atoms with Crippen LogP contribution in [0.2, 0.25) is 0 Å². The molecule has 0 saturated carbocycles. The molecule has 0 atom stereocenters. The van der Waals surface area contributed by atoms with Crippen LogP contribution < -0.4 is 5.56 Å². The van der Waals surface area contributed by atoms with Gasteiger partial charge in [-0.25, -0.2) is 0 Å². The van der Waals surface area contributed by atoms with Gasteiger partial charge in [0.15, 0.2) is 0 Å². The van der Waals surface area contributed by atoms with E-state index in [0.717, 1.165) is 16.5 Å². The molecule has 0 aliphatic carbocycles. The topological polar surface area (TPSA) is 114 Å². The van der Waals surface area contributed by atoms with Gasteiger partial charge in [0.2, 0.25) is 0 Å². The monoisotopic (exact) mass is 312 g/mol. The lowest BCUT2D eigenvalue weighted by atomic mass is 10.1. The molecule has 3 rings (SSSR count). The lowest BCUT2D eigenvalue weighted by Gasteiger charge is -1.96. The van der Waals surface area contributed by atoms with Crippen molar-refractivity contribution in [3.8, 4) is 5.88 Å². The van der Waals surface area contributed by atoms with Crippen molar-refractivity contribution in [2.24, 2.45) is 7.05 Å². The van der Waals surface area contributed by atoms with Gasteiger partial charge in [0, 0.05) is 29.7 Å². The van der Waals surface area contributed by atoms with Gasteiger partial charge >= 0.3 is 11.2 Å². The summed E-state index contributed by atoms with van der Waals surface area (Å²) in [5.74, 6) is -0.873. The summed E-state index contributed by atoms with van der Waals surface area (Å²) in [4.78, 5) is 27.2. The standard InChI is InChI=1S/C15H12N4O4/c1-18-8-9(10-4-2-3-5-11(10)18)6-7-12-16-14(20)13(19(22)23)15(21)17-12/h2-8H,1H3,(H2,16,17,20,21). The molecule has 0 fully saturated rings. The number of nitrogens with one attached hydrogen (secondary N) is 1. The molecule has 0 bridgehead atoms. The van der Waals surface area contributed by atoms with E-state index < -0.39 is 22.0 Å². The molecule has 0 aliphatic heterocycles. The van der Waals surface area contributed by atoms with Crippen molar-refractivity contribution in [1.29, 1.82) is 0 Å². The number of aromatic hydroxyl groups is 1. The number of aromatic nitrogens is 3. The van der Waals surface area contributed by atoms with Crippen molar-refractivity contribution in [2.45, 2.75) is 0 Å². The van der Waals surface area contributed by atoms with E-state index >= 15 is 0 Å². The van der Waals surface area contributed by atoms with Crippen LogP contribution in [0.5, 0.6) is 5.88 Å². The number of H-pyrrole nitrogens is 1. The van der Waals surface area contributed by atoms with Crippen LogP contribution in [0.4, 0.5) is 5.69 Å². The normalized spacial score (nSPS) is 11.3. The van der Waals surface area contributed by atoms with Crippen molar-refractivity contribution in [3.63, 3.8) is 0 Å². The highest BCUT2D eigenvalue weighted by atomic mass is 16.6. The molecule has 8 heteroatoms. The maximum Gasteiger partial charge on any atom is 0.395 e. The van der Waals surface area contributed by atoms with Gasteiger partial charge in [-0.05, 0) is 18.2 Å². The van der Waals surface area contributed by atoms with E-state index in [1.54, 1.807) is 6.08 Å². The Morgan fingerprint density at radius 2 is 2.09 bits per heavy atom. The molecule has 0 saturated heterocycles. The van der Waals surface area contributed by atoms with Crippen LogP contribution in [0, 0.1) is 10.1 Å². The van der Waals surface area contributed by atoms with E-state index in [2.05, 4.69) is 9.97 Å². The summed E-state index contributed by atoms with van der Waals surface area (Å²) >= 11 is 0.